The number of carbonyl (C=O) groups is 2. The van der Waals surface area contributed by atoms with Crippen molar-refractivity contribution in [3.05, 3.63) is 96.0 Å². The molecule has 0 saturated carbocycles. The van der Waals surface area contributed by atoms with Gasteiger partial charge in [0.1, 0.15) is 5.82 Å². The number of non-ortho nitro benzene ring substituents is 1. The van der Waals surface area contributed by atoms with Crippen molar-refractivity contribution < 1.29 is 28.4 Å². The number of hydrogen-bond donors (Lipinski definition) is 1. The van der Waals surface area contributed by atoms with Gasteiger partial charge in [0.05, 0.1) is 45.7 Å². The molecule has 0 amide bonds. The number of hydrogen-bond acceptors (Lipinski definition) is 8. The molecule has 1 heterocycles. The minimum atomic E-state index is -1.30. The normalized spacial score (nSPS) is 15.6. The zero-order chi connectivity index (χ0) is 30.6. The Balaban J connectivity index is 1.88. The van der Waals surface area contributed by atoms with Crippen molar-refractivity contribution in [1.29, 1.82) is 0 Å². The quantitative estimate of drug-likeness (QED) is 0.194. The highest BCUT2D eigenvalue weighted by molar-refractivity contribution is 6.42. The highest BCUT2D eigenvalue weighted by Gasteiger charge is 2.40. The zero-order valence-corrected chi connectivity index (χ0v) is 25.2. The lowest BCUT2D eigenvalue weighted by atomic mass is 9.80. The molecule has 3 rings (SSSR count). The molecule has 2 aromatic carbocycles. The van der Waals surface area contributed by atoms with Crippen LogP contribution in [0.2, 0.25) is 10.0 Å². The maximum Gasteiger partial charge on any atom is 0.336 e. The van der Waals surface area contributed by atoms with Gasteiger partial charge in [-0.3, -0.25) is 10.1 Å². The number of carbonyl (C=O) groups excluding carboxylic acids is 2. The van der Waals surface area contributed by atoms with Gasteiger partial charge in [-0.1, -0.05) is 49.2 Å². The maximum atomic E-state index is 15.2. The lowest BCUT2D eigenvalue weighted by molar-refractivity contribution is -0.385. The second-order valence-electron chi connectivity index (χ2n) is 10.7. The van der Waals surface area contributed by atoms with E-state index in [1.165, 1.54) is 0 Å². The monoisotopic (exact) mass is 607 g/mol. The molecule has 1 aliphatic rings. The van der Waals surface area contributed by atoms with E-state index < -0.39 is 39.7 Å². The van der Waals surface area contributed by atoms with Crippen LogP contribution in [-0.2, 0) is 25.6 Å². The molecule has 41 heavy (non-hydrogen) atoms. The number of nitro groups is 1. The Kier molecular flexibility index (Phi) is 10.2. The van der Waals surface area contributed by atoms with Crippen LogP contribution in [-0.4, -0.2) is 49.1 Å². The summed E-state index contributed by atoms with van der Waals surface area (Å²) in [7, 11) is 3.05. The van der Waals surface area contributed by atoms with Crippen molar-refractivity contribution in [1.82, 2.24) is 10.2 Å². The first kappa shape index (κ1) is 32.0. The fraction of sp³-hybridized carbons (Fsp3) is 0.379. The van der Waals surface area contributed by atoms with Crippen LogP contribution in [0.25, 0.3) is 0 Å². The summed E-state index contributed by atoms with van der Waals surface area (Å²) in [4.78, 5) is 39.2. The molecule has 0 aliphatic carbocycles. The maximum absolute atomic E-state index is 15.2. The van der Waals surface area contributed by atoms with Gasteiger partial charge in [0.25, 0.3) is 5.69 Å². The van der Waals surface area contributed by atoms with Crippen molar-refractivity contribution in [2.45, 2.75) is 40.2 Å². The van der Waals surface area contributed by atoms with Gasteiger partial charge in [-0.05, 0) is 38.6 Å². The first-order chi connectivity index (χ1) is 19.2. The number of rotatable bonds is 10. The summed E-state index contributed by atoms with van der Waals surface area (Å²) in [5.41, 5.74) is 0.246. The van der Waals surface area contributed by atoms with Gasteiger partial charge in [0.2, 0.25) is 0 Å². The summed E-state index contributed by atoms with van der Waals surface area (Å²) >= 11 is 12.5. The molecule has 220 valence electrons. The van der Waals surface area contributed by atoms with Gasteiger partial charge in [0.15, 0.2) is 0 Å². The van der Waals surface area contributed by atoms with E-state index in [9.17, 15) is 19.7 Å². The third-order valence-corrected chi connectivity index (χ3v) is 7.51. The third kappa shape index (κ3) is 7.44. The number of nitrogens with one attached hydrogen (secondary N) is 1. The molecule has 0 saturated heterocycles. The third-order valence-electron chi connectivity index (χ3n) is 6.65. The topological polar surface area (TPSA) is 111 Å². The van der Waals surface area contributed by atoms with Crippen LogP contribution in [0.15, 0.2) is 58.9 Å². The van der Waals surface area contributed by atoms with Gasteiger partial charge in [-0.25, -0.2) is 14.0 Å². The minimum Gasteiger partial charge on any atom is -0.466 e. The van der Waals surface area contributed by atoms with E-state index in [0.29, 0.717) is 34.5 Å². The number of nitrogens with zero attached hydrogens (tertiary/aromatic N) is 2. The fourth-order valence-electron chi connectivity index (χ4n) is 4.95. The summed E-state index contributed by atoms with van der Waals surface area (Å²) in [5, 5.41) is 15.4. The van der Waals surface area contributed by atoms with Crippen LogP contribution in [0, 0.1) is 21.3 Å². The van der Waals surface area contributed by atoms with Gasteiger partial charge < -0.3 is 19.7 Å². The van der Waals surface area contributed by atoms with Crippen molar-refractivity contribution >= 4 is 40.8 Å². The predicted octanol–water partition coefficient (Wildman–Crippen LogP) is 6.15. The Morgan fingerprint density at radius 1 is 1.12 bits per heavy atom. The van der Waals surface area contributed by atoms with Crippen molar-refractivity contribution in [3.8, 4) is 0 Å². The van der Waals surface area contributed by atoms with Crippen LogP contribution >= 0.6 is 23.2 Å². The van der Waals surface area contributed by atoms with E-state index in [2.05, 4.69) is 5.32 Å². The number of dihydropyridines is 1. The summed E-state index contributed by atoms with van der Waals surface area (Å²) in [6, 6.07) is 8.37. The number of halogens is 3. The SMILES string of the molecule is COC(=O)C1=C(C)NC(C)=C(C(=O)OCC(C)(C)CN(C)Cc2cccc(Cl)c2Cl)C1c1cc([N+](=O)[O-])ccc1F. The lowest BCUT2D eigenvalue weighted by Crippen LogP contribution is -2.37. The van der Waals surface area contributed by atoms with Gasteiger partial charge in [-0.15, -0.1) is 0 Å². The summed E-state index contributed by atoms with van der Waals surface area (Å²) < 4.78 is 25.8. The molecular formula is C29H32Cl2FN3O6. The van der Waals surface area contributed by atoms with Crippen LogP contribution < -0.4 is 5.32 Å². The summed E-state index contributed by atoms with van der Waals surface area (Å²) in [6.07, 6.45) is 0. The summed E-state index contributed by atoms with van der Waals surface area (Å²) in [5.74, 6) is -3.73. The molecule has 0 bridgehead atoms. The number of methoxy groups -OCH3 is 1. The largest absolute Gasteiger partial charge is 0.466 e. The zero-order valence-electron chi connectivity index (χ0n) is 23.6. The Labute approximate surface area is 248 Å². The molecule has 1 N–H and O–H groups in total. The average molecular weight is 608 g/mol. The fourth-order valence-corrected chi connectivity index (χ4v) is 5.33. The van der Waals surface area contributed by atoms with E-state index in [-0.39, 0.29) is 23.3 Å². The van der Waals surface area contributed by atoms with Crippen LogP contribution in [0.5, 0.6) is 0 Å². The molecule has 0 fully saturated rings. The number of nitro benzene ring substituents is 1. The van der Waals surface area contributed by atoms with E-state index in [1.54, 1.807) is 19.9 Å². The second-order valence-corrected chi connectivity index (χ2v) is 11.5. The second kappa shape index (κ2) is 13.0. The van der Waals surface area contributed by atoms with Crippen molar-refractivity contribution in [3.63, 3.8) is 0 Å². The van der Waals surface area contributed by atoms with Crippen molar-refractivity contribution in [2.75, 3.05) is 27.3 Å². The molecule has 0 spiro atoms. The molecule has 0 aromatic heterocycles. The average Bonchev–Trinajstić information content (AvgIpc) is 2.89. The van der Waals surface area contributed by atoms with Crippen molar-refractivity contribution in [2.24, 2.45) is 5.41 Å². The van der Waals surface area contributed by atoms with E-state index in [4.69, 9.17) is 32.7 Å². The molecule has 1 aliphatic heterocycles. The first-order valence-corrected chi connectivity index (χ1v) is 13.4. The standard InChI is InChI=1S/C29H32Cl2FN3O6/c1-16-23(27(36)40-6)25(20-12-19(35(38)39)10-11-22(20)32)24(17(2)33-16)28(37)41-15-29(3,4)14-34(5)13-18-8-7-9-21(30)26(18)31/h7-12,25,33H,13-15H2,1-6H3. The lowest BCUT2D eigenvalue weighted by Gasteiger charge is -2.32. The molecule has 1 atom stereocenters. The van der Waals surface area contributed by atoms with Crippen LogP contribution in [0.3, 0.4) is 0 Å². The number of benzene rings is 2. The number of allylic oxidation sites excluding steroid dienone is 2. The van der Waals surface area contributed by atoms with E-state index in [1.807, 2.05) is 37.9 Å². The highest BCUT2D eigenvalue weighted by Crippen LogP contribution is 2.41. The molecular weight excluding hydrogens is 576 g/mol. The molecule has 0 radical (unpaired) electrons. The van der Waals surface area contributed by atoms with Crippen LogP contribution in [0.4, 0.5) is 10.1 Å². The number of esters is 2. The van der Waals surface area contributed by atoms with Gasteiger partial charge in [-0.2, -0.15) is 0 Å². The number of ether oxygens (including phenoxy) is 2. The first-order valence-electron chi connectivity index (χ1n) is 12.7. The van der Waals surface area contributed by atoms with E-state index in [0.717, 1.165) is 30.9 Å². The van der Waals surface area contributed by atoms with Gasteiger partial charge >= 0.3 is 11.9 Å². The Morgan fingerprint density at radius 3 is 2.37 bits per heavy atom. The Morgan fingerprint density at radius 2 is 1.76 bits per heavy atom. The van der Waals surface area contributed by atoms with Crippen LogP contribution in [0.1, 0.15) is 44.7 Å². The molecule has 1 unspecified atom stereocenters. The molecule has 12 heteroatoms. The Bertz CT molecular complexity index is 1440. The Hall–Kier alpha value is -3.47. The van der Waals surface area contributed by atoms with Gasteiger partial charge in [0, 0.05) is 47.6 Å². The smallest absolute Gasteiger partial charge is 0.336 e. The minimum absolute atomic E-state index is 0.0172. The summed E-state index contributed by atoms with van der Waals surface area (Å²) in [6.45, 7) is 7.99. The molecule has 9 nitrogen and oxygen atoms in total. The predicted molar refractivity (Wildman–Crippen MR) is 154 cm³/mol. The highest BCUT2D eigenvalue weighted by atomic mass is 35.5. The molecule has 2 aromatic rings. The van der Waals surface area contributed by atoms with E-state index >= 15 is 4.39 Å².